The van der Waals surface area contributed by atoms with E-state index in [1.54, 1.807) is 13.0 Å². The molecule has 0 spiro atoms. The maximum absolute atomic E-state index is 14.2. The van der Waals surface area contributed by atoms with Crippen molar-refractivity contribution < 1.29 is 9.18 Å². The zero-order valence-corrected chi connectivity index (χ0v) is 15.0. The fraction of sp³-hybridized carbons (Fsp3) is 0.182. The van der Waals surface area contributed by atoms with Gasteiger partial charge in [0.15, 0.2) is 5.78 Å². The third-order valence-corrected chi connectivity index (χ3v) is 5.12. The van der Waals surface area contributed by atoms with Gasteiger partial charge in [0.1, 0.15) is 5.82 Å². The van der Waals surface area contributed by atoms with Crippen LogP contribution in [-0.2, 0) is 0 Å². The summed E-state index contributed by atoms with van der Waals surface area (Å²) in [5, 5.41) is 1.67. The monoisotopic (exact) mass is 346 g/mol. The second-order valence-electron chi connectivity index (χ2n) is 6.58. The van der Waals surface area contributed by atoms with Gasteiger partial charge >= 0.3 is 0 Å². The summed E-state index contributed by atoms with van der Waals surface area (Å²) in [5.74, 6) is -0.113. The number of nitrogens with one attached hydrogen (secondary N) is 1. The quantitative estimate of drug-likeness (QED) is 0.481. The van der Waals surface area contributed by atoms with Crippen LogP contribution < -0.4 is 0 Å². The number of benzene rings is 2. The van der Waals surface area contributed by atoms with Crippen LogP contribution in [0.25, 0.3) is 33.1 Å². The molecule has 0 fully saturated rings. The van der Waals surface area contributed by atoms with E-state index in [0.717, 1.165) is 38.6 Å². The van der Waals surface area contributed by atoms with Gasteiger partial charge in [-0.05, 0) is 49.2 Å². The van der Waals surface area contributed by atoms with Gasteiger partial charge in [-0.2, -0.15) is 0 Å². The van der Waals surface area contributed by atoms with E-state index in [1.807, 2.05) is 50.4 Å². The number of Topliss-reactive ketones (excluding diaryl/α,β-unsaturated/α-hetero) is 1. The lowest BCUT2D eigenvalue weighted by Crippen LogP contribution is -1.98. The molecule has 26 heavy (non-hydrogen) atoms. The van der Waals surface area contributed by atoms with E-state index in [9.17, 15) is 9.18 Å². The average molecular weight is 346 g/mol. The topological polar surface area (TPSA) is 45.8 Å². The number of aromatic amines is 1. The highest BCUT2D eigenvalue weighted by Crippen LogP contribution is 2.33. The zero-order valence-electron chi connectivity index (χ0n) is 15.0. The summed E-state index contributed by atoms with van der Waals surface area (Å²) in [6.45, 7) is 5.55. The van der Waals surface area contributed by atoms with Crippen molar-refractivity contribution in [2.45, 2.75) is 27.2 Å². The summed E-state index contributed by atoms with van der Waals surface area (Å²) < 4.78 is 14.2. The number of hydrogen-bond donors (Lipinski definition) is 1. The molecular formula is C22H19FN2O. The number of H-pyrrole nitrogens is 1. The first-order valence-corrected chi connectivity index (χ1v) is 8.71. The Bertz CT molecular complexity index is 1170. The Morgan fingerprint density at radius 2 is 1.92 bits per heavy atom. The molecule has 0 saturated carbocycles. The molecule has 1 N–H and O–H groups in total. The Kier molecular flexibility index (Phi) is 3.83. The van der Waals surface area contributed by atoms with E-state index in [1.165, 1.54) is 0 Å². The van der Waals surface area contributed by atoms with Crippen molar-refractivity contribution >= 4 is 27.6 Å². The van der Waals surface area contributed by atoms with Crippen molar-refractivity contribution in [2.24, 2.45) is 0 Å². The Morgan fingerprint density at radius 3 is 2.69 bits per heavy atom. The first kappa shape index (κ1) is 16.5. The van der Waals surface area contributed by atoms with Gasteiger partial charge in [-0.3, -0.25) is 4.79 Å². The molecule has 4 heteroatoms. The van der Waals surface area contributed by atoms with Crippen LogP contribution in [0.3, 0.4) is 0 Å². The molecular weight excluding hydrogens is 327 g/mol. The van der Waals surface area contributed by atoms with Crippen LogP contribution in [0.2, 0.25) is 0 Å². The number of rotatable bonds is 3. The van der Waals surface area contributed by atoms with Crippen molar-refractivity contribution in [1.82, 2.24) is 9.97 Å². The lowest BCUT2D eigenvalue weighted by molar-refractivity contribution is 0.0989. The van der Waals surface area contributed by atoms with E-state index in [2.05, 4.69) is 4.98 Å². The molecule has 0 radical (unpaired) electrons. The summed E-state index contributed by atoms with van der Waals surface area (Å²) in [6, 6.07) is 11.0. The van der Waals surface area contributed by atoms with Gasteiger partial charge in [0, 0.05) is 40.0 Å². The zero-order chi connectivity index (χ0) is 18.4. The number of nitrogens with zero attached hydrogens (tertiary/aromatic N) is 1. The highest BCUT2D eigenvalue weighted by Gasteiger charge is 2.15. The second kappa shape index (κ2) is 6.06. The molecule has 130 valence electrons. The molecule has 0 aliphatic heterocycles. The minimum Gasteiger partial charge on any atom is -0.360 e. The summed E-state index contributed by atoms with van der Waals surface area (Å²) in [6.07, 6.45) is 2.33. The molecule has 0 amide bonds. The fourth-order valence-corrected chi connectivity index (χ4v) is 3.45. The molecule has 0 atom stereocenters. The molecule has 0 aliphatic rings. The predicted molar refractivity (Wildman–Crippen MR) is 103 cm³/mol. The van der Waals surface area contributed by atoms with E-state index in [0.29, 0.717) is 17.5 Å². The Hall–Kier alpha value is -3.01. The van der Waals surface area contributed by atoms with Gasteiger partial charge in [-0.1, -0.05) is 19.1 Å². The molecule has 3 nitrogen and oxygen atoms in total. The average Bonchev–Trinajstić information content (AvgIpc) is 3.08. The Labute approximate surface area is 150 Å². The van der Waals surface area contributed by atoms with E-state index in [4.69, 9.17) is 4.98 Å². The lowest BCUT2D eigenvalue weighted by atomic mass is 10.0. The minimum atomic E-state index is -0.215. The molecule has 2 aromatic heterocycles. The normalized spacial score (nSPS) is 11.4. The van der Waals surface area contributed by atoms with Crippen LogP contribution in [0, 0.1) is 19.7 Å². The highest BCUT2D eigenvalue weighted by atomic mass is 19.1. The standard InChI is InChI=1S/C22H19FN2O/c1-4-21(26)15-6-5-7-19-14(15)8-9-20(25-19)17-11-24-22-13(3)12(2)18(23)10-16(17)22/h5-11,24H,4H2,1-3H3. The smallest absolute Gasteiger partial charge is 0.163 e. The third kappa shape index (κ3) is 2.41. The van der Waals surface area contributed by atoms with Crippen molar-refractivity contribution in [3.05, 3.63) is 65.1 Å². The third-order valence-electron chi connectivity index (χ3n) is 5.12. The van der Waals surface area contributed by atoms with E-state index >= 15 is 0 Å². The second-order valence-corrected chi connectivity index (χ2v) is 6.58. The molecule has 4 aromatic rings. The van der Waals surface area contributed by atoms with E-state index < -0.39 is 0 Å². The number of aryl methyl sites for hydroxylation is 1. The number of carbonyl (C=O) groups excluding carboxylic acids is 1. The Balaban J connectivity index is 1.93. The SMILES string of the molecule is CCC(=O)c1cccc2nc(-c3c[nH]c4c(C)c(C)c(F)cc34)ccc12. The van der Waals surface area contributed by atoms with Crippen LogP contribution in [0.15, 0.2) is 42.6 Å². The lowest BCUT2D eigenvalue weighted by Gasteiger charge is -2.07. The number of fused-ring (bicyclic) bond motifs is 2. The van der Waals surface area contributed by atoms with Gasteiger partial charge in [0.05, 0.1) is 11.2 Å². The van der Waals surface area contributed by atoms with Crippen molar-refractivity contribution in [3.63, 3.8) is 0 Å². The summed E-state index contributed by atoms with van der Waals surface area (Å²) in [4.78, 5) is 20.1. The maximum atomic E-state index is 14.2. The first-order chi connectivity index (χ1) is 12.5. The van der Waals surface area contributed by atoms with Crippen LogP contribution in [0.1, 0.15) is 34.8 Å². The van der Waals surface area contributed by atoms with Gasteiger partial charge in [0.25, 0.3) is 0 Å². The number of pyridine rings is 1. The van der Waals surface area contributed by atoms with Crippen molar-refractivity contribution in [2.75, 3.05) is 0 Å². The molecule has 0 bridgehead atoms. The van der Waals surface area contributed by atoms with Gasteiger partial charge < -0.3 is 4.98 Å². The van der Waals surface area contributed by atoms with E-state index in [-0.39, 0.29) is 11.6 Å². The van der Waals surface area contributed by atoms with Crippen molar-refractivity contribution in [3.8, 4) is 11.3 Å². The number of ketones is 1. The first-order valence-electron chi connectivity index (χ1n) is 8.71. The molecule has 4 rings (SSSR count). The summed E-state index contributed by atoms with van der Waals surface area (Å²) >= 11 is 0. The van der Waals surface area contributed by atoms with Gasteiger partial charge in [0.2, 0.25) is 0 Å². The van der Waals surface area contributed by atoms with Crippen LogP contribution in [-0.4, -0.2) is 15.8 Å². The molecule has 2 heterocycles. The molecule has 0 unspecified atom stereocenters. The minimum absolute atomic E-state index is 0.102. The molecule has 0 saturated heterocycles. The number of halogens is 1. The summed E-state index contributed by atoms with van der Waals surface area (Å²) in [7, 11) is 0. The predicted octanol–water partition coefficient (Wildman–Crippen LogP) is 5.73. The van der Waals surface area contributed by atoms with Crippen molar-refractivity contribution in [1.29, 1.82) is 0 Å². The van der Waals surface area contributed by atoms with Crippen LogP contribution >= 0.6 is 0 Å². The molecule has 2 aromatic carbocycles. The fourth-order valence-electron chi connectivity index (χ4n) is 3.45. The highest BCUT2D eigenvalue weighted by molar-refractivity contribution is 6.08. The largest absolute Gasteiger partial charge is 0.360 e. The Morgan fingerprint density at radius 1 is 1.12 bits per heavy atom. The number of aromatic nitrogens is 2. The maximum Gasteiger partial charge on any atom is 0.163 e. The van der Waals surface area contributed by atoms with Crippen LogP contribution in [0.4, 0.5) is 4.39 Å². The number of carbonyl (C=O) groups is 1. The van der Waals surface area contributed by atoms with Gasteiger partial charge in [-0.25, -0.2) is 9.37 Å². The summed E-state index contributed by atoms with van der Waals surface area (Å²) in [5.41, 5.74) is 5.56. The number of hydrogen-bond acceptors (Lipinski definition) is 2. The van der Waals surface area contributed by atoms with Gasteiger partial charge in [-0.15, -0.1) is 0 Å². The van der Waals surface area contributed by atoms with Crippen LogP contribution in [0.5, 0.6) is 0 Å². The molecule has 0 aliphatic carbocycles.